The van der Waals surface area contributed by atoms with Gasteiger partial charge in [0, 0.05) is 19.7 Å². The van der Waals surface area contributed by atoms with Crippen LogP contribution in [-0.2, 0) is 14.3 Å². The van der Waals surface area contributed by atoms with Crippen LogP contribution in [0.1, 0.15) is 13.8 Å². The largest absolute Gasteiger partial charge is 0.380 e. The van der Waals surface area contributed by atoms with Crippen molar-refractivity contribution >= 4 is 24.2 Å². The maximum Gasteiger partial charge on any atom is 0.242 e. The summed E-state index contributed by atoms with van der Waals surface area (Å²) in [6.45, 7) is 5.98. The Morgan fingerprint density at radius 3 is 2.47 bits per heavy atom. The molecular weight excluding hydrogens is 246 g/mol. The van der Waals surface area contributed by atoms with Gasteiger partial charge in [0.15, 0.2) is 0 Å². The number of hydrogen-bond acceptors (Lipinski definition) is 4. The molecule has 7 heteroatoms. The van der Waals surface area contributed by atoms with Gasteiger partial charge in [0.05, 0.1) is 19.7 Å². The van der Waals surface area contributed by atoms with Gasteiger partial charge in [-0.05, 0) is 13.8 Å². The molecule has 0 fully saturated rings. The summed E-state index contributed by atoms with van der Waals surface area (Å²) in [5.74, 6) is -0.446. The molecule has 3 N–H and O–H groups in total. The zero-order valence-corrected chi connectivity index (χ0v) is 11.2. The van der Waals surface area contributed by atoms with Crippen LogP contribution in [0, 0.1) is 0 Å². The van der Waals surface area contributed by atoms with Gasteiger partial charge in [-0.15, -0.1) is 12.4 Å². The number of nitrogens with zero attached hydrogens (tertiary/aromatic N) is 1. The van der Waals surface area contributed by atoms with Crippen LogP contribution in [0.3, 0.4) is 0 Å². The van der Waals surface area contributed by atoms with Crippen LogP contribution >= 0.6 is 12.4 Å². The summed E-state index contributed by atoms with van der Waals surface area (Å²) in [5.41, 5.74) is 5.11. The van der Waals surface area contributed by atoms with Crippen LogP contribution in [0.5, 0.6) is 0 Å². The molecule has 0 saturated carbocycles. The number of amides is 2. The number of ether oxygens (including phenoxy) is 1. The number of likely N-dealkylation sites (N-methyl/N-ethyl adjacent to an activating group) is 1. The molecule has 2 amide bonds. The highest BCUT2D eigenvalue weighted by molar-refractivity contribution is 5.85. The molecule has 0 saturated heterocycles. The zero-order valence-electron chi connectivity index (χ0n) is 10.4. The van der Waals surface area contributed by atoms with Crippen LogP contribution in [0.15, 0.2) is 0 Å². The first-order valence-electron chi connectivity index (χ1n) is 5.47. The quantitative estimate of drug-likeness (QED) is 0.574. The van der Waals surface area contributed by atoms with Gasteiger partial charge in [-0.2, -0.15) is 0 Å². The van der Waals surface area contributed by atoms with Crippen molar-refractivity contribution in [1.82, 2.24) is 10.2 Å². The molecule has 0 aliphatic rings. The van der Waals surface area contributed by atoms with Crippen LogP contribution in [-0.4, -0.2) is 56.1 Å². The summed E-state index contributed by atoms with van der Waals surface area (Å²) >= 11 is 0. The molecule has 0 bridgehead atoms. The standard InChI is InChI=1S/C10H21N3O3.ClH/c1-3-13(5-6-16-4-2)10(15)8-12-9(14)7-11;/h3-8,11H2,1-2H3,(H,12,14);1H. The van der Waals surface area contributed by atoms with Crippen molar-refractivity contribution in [1.29, 1.82) is 0 Å². The highest BCUT2D eigenvalue weighted by atomic mass is 35.5. The average Bonchev–Trinajstić information content (AvgIpc) is 2.31. The topological polar surface area (TPSA) is 84.7 Å². The van der Waals surface area contributed by atoms with E-state index in [0.717, 1.165) is 0 Å². The summed E-state index contributed by atoms with van der Waals surface area (Å²) in [6, 6.07) is 0. The summed E-state index contributed by atoms with van der Waals surface area (Å²) in [6.07, 6.45) is 0. The third-order valence-electron chi connectivity index (χ3n) is 2.07. The molecular formula is C10H22ClN3O3. The Morgan fingerprint density at radius 1 is 1.35 bits per heavy atom. The van der Waals surface area contributed by atoms with Gasteiger partial charge in [0.25, 0.3) is 0 Å². The van der Waals surface area contributed by atoms with Crippen molar-refractivity contribution in [3.8, 4) is 0 Å². The third-order valence-corrected chi connectivity index (χ3v) is 2.07. The van der Waals surface area contributed by atoms with Gasteiger partial charge in [-0.1, -0.05) is 0 Å². The van der Waals surface area contributed by atoms with Crippen molar-refractivity contribution in [2.45, 2.75) is 13.8 Å². The summed E-state index contributed by atoms with van der Waals surface area (Å²) < 4.78 is 5.16. The fraction of sp³-hybridized carbons (Fsp3) is 0.800. The molecule has 0 aromatic rings. The Morgan fingerprint density at radius 2 is 2.00 bits per heavy atom. The van der Waals surface area contributed by atoms with Crippen LogP contribution in [0.2, 0.25) is 0 Å². The first-order valence-corrected chi connectivity index (χ1v) is 5.47. The number of carbonyl (C=O) groups excluding carboxylic acids is 2. The molecule has 6 nitrogen and oxygen atoms in total. The number of halogens is 1. The van der Waals surface area contributed by atoms with E-state index in [0.29, 0.717) is 26.3 Å². The summed E-state index contributed by atoms with van der Waals surface area (Å²) in [4.78, 5) is 24.1. The van der Waals surface area contributed by atoms with E-state index in [1.165, 1.54) is 0 Å². The Hall–Kier alpha value is -0.850. The number of nitrogens with two attached hydrogens (primary N) is 1. The van der Waals surface area contributed by atoms with Crippen LogP contribution < -0.4 is 11.1 Å². The number of rotatable bonds is 8. The van der Waals surface area contributed by atoms with Crippen LogP contribution in [0.4, 0.5) is 0 Å². The second-order valence-electron chi connectivity index (χ2n) is 3.15. The van der Waals surface area contributed by atoms with E-state index in [-0.39, 0.29) is 37.3 Å². The Labute approximate surface area is 108 Å². The monoisotopic (exact) mass is 267 g/mol. The first kappa shape index (κ1) is 18.5. The number of carbonyl (C=O) groups is 2. The minimum atomic E-state index is -0.325. The molecule has 0 rings (SSSR count). The van der Waals surface area contributed by atoms with Gasteiger partial charge in [-0.25, -0.2) is 0 Å². The van der Waals surface area contributed by atoms with Gasteiger partial charge in [-0.3, -0.25) is 9.59 Å². The van der Waals surface area contributed by atoms with Gasteiger partial charge in [0.1, 0.15) is 0 Å². The Kier molecular flexibility index (Phi) is 12.7. The predicted molar refractivity (Wildman–Crippen MR) is 68.1 cm³/mol. The van der Waals surface area contributed by atoms with E-state index < -0.39 is 0 Å². The lowest BCUT2D eigenvalue weighted by Crippen LogP contribution is -2.43. The van der Waals surface area contributed by atoms with Crippen molar-refractivity contribution in [2.24, 2.45) is 5.73 Å². The van der Waals surface area contributed by atoms with E-state index in [2.05, 4.69) is 5.32 Å². The Bertz CT molecular complexity index is 227. The lowest BCUT2D eigenvalue weighted by molar-refractivity contribution is -0.133. The second kappa shape index (κ2) is 11.6. The number of nitrogens with one attached hydrogen (secondary N) is 1. The van der Waals surface area contributed by atoms with Crippen molar-refractivity contribution < 1.29 is 14.3 Å². The molecule has 0 aromatic heterocycles. The van der Waals surface area contributed by atoms with Gasteiger partial charge < -0.3 is 20.7 Å². The predicted octanol–water partition coefficient (Wildman–Crippen LogP) is -0.632. The molecule has 0 atom stereocenters. The van der Waals surface area contributed by atoms with E-state index in [1.54, 1.807) is 4.90 Å². The lowest BCUT2D eigenvalue weighted by atomic mass is 10.4. The zero-order chi connectivity index (χ0) is 12.4. The van der Waals surface area contributed by atoms with Crippen LogP contribution in [0.25, 0.3) is 0 Å². The number of hydrogen-bond donors (Lipinski definition) is 2. The maximum atomic E-state index is 11.6. The van der Waals surface area contributed by atoms with Crippen molar-refractivity contribution in [2.75, 3.05) is 39.4 Å². The van der Waals surface area contributed by atoms with E-state index in [9.17, 15) is 9.59 Å². The fourth-order valence-corrected chi connectivity index (χ4v) is 1.14. The molecule has 0 heterocycles. The first-order chi connectivity index (χ1) is 7.65. The third kappa shape index (κ3) is 8.91. The highest BCUT2D eigenvalue weighted by Gasteiger charge is 2.11. The summed E-state index contributed by atoms with van der Waals surface area (Å²) in [7, 11) is 0. The minimum absolute atomic E-state index is 0. The van der Waals surface area contributed by atoms with E-state index in [4.69, 9.17) is 10.5 Å². The lowest BCUT2D eigenvalue weighted by Gasteiger charge is -2.20. The molecule has 17 heavy (non-hydrogen) atoms. The molecule has 0 aliphatic carbocycles. The Balaban J connectivity index is 0. The van der Waals surface area contributed by atoms with Crippen molar-refractivity contribution in [3.05, 3.63) is 0 Å². The fourth-order valence-electron chi connectivity index (χ4n) is 1.14. The van der Waals surface area contributed by atoms with Gasteiger partial charge >= 0.3 is 0 Å². The molecule has 102 valence electrons. The highest BCUT2D eigenvalue weighted by Crippen LogP contribution is 1.89. The second-order valence-corrected chi connectivity index (χ2v) is 3.15. The normalized spacial score (nSPS) is 9.35. The SMILES string of the molecule is CCOCCN(CC)C(=O)CNC(=O)CN.Cl. The molecule has 0 radical (unpaired) electrons. The smallest absolute Gasteiger partial charge is 0.242 e. The molecule has 0 aliphatic heterocycles. The summed E-state index contributed by atoms with van der Waals surface area (Å²) in [5, 5.41) is 2.44. The minimum Gasteiger partial charge on any atom is -0.380 e. The maximum absolute atomic E-state index is 11.6. The van der Waals surface area contributed by atoms with Gasteiger partial charge in [0.2, 0.25) is 11.8 Å². The van der Waals surface area contributed by atoms with E-state index >= 15 is 0 Å². The van der Waals surface area contributed by atoms with Crippen molar-refractivity contribution in [3.63, 3.8) is 0 Å². The molecule has 0 aromatic carbocycles. The molecule has 0 spiro atoms. The van der Waals surface area contributed by atoms with E-state index in [1.807, 2.05) is 13.8 Å². The average molecular weight is 268 g/mol. The molecule has 0 unspecified atom stereocenters.